The Balaban J connectivity index is 2.09. The molecule has 0 saturated heterocycles. The van der Waals surface area contributed by atoms with Crippen LogP contribution in [0, 0.1) is 0 Å². The molecule has 0 aliphatic heterocycles. The van der Waals surface area contributed by atoms with Gasteiger partial charge >= 0.3 is 5.69 Å². The number of hydrogen-bond acceptors (Lipinski definition) is 6. The van der Waals surface area contributed by atoms with Crippen LogP contribution < -0.4 is 11.2 Å². The fourth-order valence-electron chi connectivity index (χ4n) is 2.30. The van der Waals surface area contributed by atoms with Gasteiger partial charge in [0.2, 0.25) is 0 Å². The summed E-state index contributed by atoms with van der Waals surface area (Å²) < 4.78 is 0.969. The van der Waals surface area contributed by atoms with Crippen molar-refractivity contribution in [2.45, 2.75) is 0 Å². The van der Waals surface area contributed by atoms with Crippen molar-refractivity contribution >= 4 is 11.8 Å². The minimum atomic E-state index is -1.12. The smallest absolute Gasteiger partial charge is 0.345 e. The van der Waals surface area contributed by atoms with Crippen molar-refractivity contribution in [2.75, 3.05) is 0 Å². The molecule has 8 heteroatoms. The van der Waals surface area contributed by atoms with E-state index in [2.05, 4.69) is 0 Å². The van der Waals surface area contributed by atoms with Gasteiger partial charge in [-0.05, 0) is 48.5 Å². The first kappa shape index (κ1) is 16.9. The van der Waals surface area contributed by atoms with Gasteiger partial charge in [-0.15, -0.1) is 0 Å². The lowest BCUT2D eigenvalue weighted by molar-refractivity contribution is 0.0931. The quantitative estimate of drug-likeness (QED) is 0.704. The van der Waals surface area contributed by atoms with Gasteiger partial charge in [0.1, 0.15) is 11.5 Å². The summed E-state index contributed by atoms with van der Waals surface area (Å²) in [5, 5.41) is 18.5. The van der Waals surface area contributed by atoms with Crippen molar-refractivity contribution in [1.29, 1.82) is 0 Å². The summed E-state index contributed by atoms with van der Waals surface area (Å²) >= 11 is 0. The maximum Gasteiger partial charge on any atom is 0.345 e. The predicted octanol–water partition coefficient (Wildman–Crippen LogP) is 0.798. The van der Waals surface area contributed by atoms with E-state index in [-0.39, 0.29) is 22.6 Å². The molecule has 0 atom stereocenters. The lowest BCUT2D eigenvalue weighted by Crippen LogP contribution is -2.45. The van der Waals surface area contributed by atoms with Gasteiger partial charge in [-0.2, -0.15) is 4.57 Å². The Bertz CT molecular complexity index is 1110. The summed E-state index contributed by atoms with van der Waals surface area (Å²) in [6.45, 7) is 0. The molecule has 26 heavy (non-hydrogen) atoms. The molecule has 0 aliphatic rings. The summed E-state index contributed by atoms with van der Waals surface area (Å²) in [6.07, 6.45) is 0.987. The predicted molar refractivity (Wildman–Crippen MR) is 90.6 cm³/mol. The van der Waals surface area contributed by atoms with Crippen molar-refractivity contribution in [1.82, 2.24) is 9.13 Å². The van der Waals surface area contributed by atoms with Crippen LogP contribution in [0.3, 0.4) is 0 Å². The third-order valence-electron chi connectivity index (χ3n) is 3.63. The fraction of sp³-hybridized carbons (Fsp3) is 0. The van der Waals surface area contributed by atoms with Crippen LogP contribution in [0.1, 0.15) is 20.7 Å². The molecule has 3 aromatic rings. The highest BCUT2D eigenvalue weighted by Gasteiger charge is 2.19. The summed E-state index contributed by atoms with van der Waals surface area (Å²) in [6, 6.07) is 11.1. The van der Waals surface area contributed by atoms with Gasteiger partial charge in [0, 0.05) is 23.4 Å². The van der Waals surface area contributed by atoms with E-state index in [9.17, 15) is 29.4 Å². The second kappa shape index (κ2) is 6.52. The van der Waals surface area contributed by atoms with Gasteiger partial charge in [0.05, 0.1) is 0 Å². The highest BCUT2D eigenvalue weighted by atomic mass is 16.3. The average Bonchev–Trinajstić information content (AvgIpc) is 2.62. The van der Waals surface area contributed by atoms with Gasteiger partial charge in [-0.3, -0.25) is 14.4 Å². The van der Waals surface area contributed by atoms with E-state index in [4.69, 9.17) is 0 Å². The number of carbonyl (C=O) groups excluding carboxylic acids is 2. The van der Waals surface area contributed by atoms with E-state index in [1.54, 1.807) is 0 Å². The van der Waals surface area contributed by atoms with E-state index >= 15 is 0 Å². The summed E-state index contributed by atoms with van der Waals surface area (Å²) in [5.74, 6) is -1.82. The van der Waals surface area contributed by atoms with Crippen molar-refractivity contribution in [3.63, 3.8) is 0 Å². The molecule has 0 spiro atoms. The lowest BCUT2D eigenvalue weighted by Gasteiger charge is -2.08. The first-order valence-corrected chi connectivity index (χ1v) is 7.40. The third kappa shape index (κ3) is 3.03. The highest BCUT2D eigenvalue weighted by molar-refractivity contribution is 5.98. The van der Waals surface area contributed by atoms with Crippen LogP contribution in [0.2, 0.25) is 0 Å². The Morgan fingerprint density at radius 3 is 1.65 bits per heavy atom. The maximum atomic E-state index is 12.5. The second-order valence-electron chi connectivity index (χ2n) is 5.35. The van der Waals surface area contributed by atoms with E-state index in [0.29, 0.717) is 9.13 Å². The zero-order valence-electron chi connectivity index (χ0n) is 13.2. The van der Waals surface area contributed by atoms with Gasteiger partial charge < -0.3 is 10.2 Å². The molecule has 0 bridgehead atoms. The van der Waals surface area contributed by atoms with Crippen LogP contribution >= 0.6 is 0 Å². The average molecular weight is 352 g/mol. The van der Waals surface area contributed by atoms with Crippen LogP contribution in [-0.2, 0) is 0 Å². The molecule has 0 fully saturated rings. The molecule has 1 heterocycles. The van der Waals surface area contributed by atoms with Crippen LogP contribution in [0.5, 0.6) is 11.5 Å². The minimum absolute atomic E-state index is 0.00293. The molecular weight excluding hydrogens is 340 g/mol. The summed E-state index contributed by atoms with van der Waals surface area (Å²) in [4.78, 5) is 49.5. The maximum absolute atomic E-state index is 12.5. The molecule has 130 valence electrons. The second-order valence-corrected chi connectivity index (χ2v) is 5.35. The Morgan fingerprint density at radius 2 is 1.15 bits per heavy atom. The summed E-state index contributed by atoms with van der Waals surface area (Å²) in [7, 11) is 0. The Hall–Kier alpha value is -3.94. The van der Waals surface area contributed by atoms with Gasteiger partial charge in [-0.25, -0.2) is 9.36 Å². The molecule has 0 unspecified atom stereocenters. The van der Waals surface area contributed by atoms with Crippen LogP contribution in [0.25, 0.3) is 0 Å². The molecule has 0 amide bonds. The zero-order valence-corrected chi connectivity index (χ0v) is 13.2. The molecule has 2 aromatic carbocycles. The number of benzene rings is 2. The molecule has 1 aromatic heterocycles. The number of nitrogens with zero attached hydrogens (tertiary/aromatic N) is 2. The zero-order chi connectivity index (χ0) is 18.8. The van der Waals surface area contributed by atoms with E-state index in [0.717, 1.165) is 12.3 Å². The summed E-state index contributed by atoms with van der Waals surface area (Å²) in [5.41, 5.74) is -1.92. The van der Waals surface area contributed by atoms with Crippen molar-refractivity contribution in [2.24, 2.45) is 0 Å². The van der Waals surface area contributed by atoms with Crippen molar-refractivity contribution in [3.05, 3.63) is 92.8 Å². The molecule has 3 rings (SSSR count). The molecule has 8 nitrogen and oxygen atoms in total. The Morgan fingerprint density at radius 1 is 0.692 bits per heavy atom. The van der Waals surface area contributed by atoms with Crippen LogP contribution in [-0.4, -0.2) is 31.2 Å². The van der Waals surface area contributed by atoms with Gasteiger partial charge in [0.15, 0.2) is 0 Å². The van der Waals surface area contributed by atoms with E-state index in [1.807, 2.05) is 0 Å². The highest BCUT2D eigenvalue weighted by Crippen LogP contribution is 2.11. The van der Waals surface area contributed by atoms with Crippen LogP contribution in [0.15, 0.2) is 70.4 Å². The molecule has 0 radical (unpaired) electrons. The minimum Gasteiger partial charge on any atom is -0.508 e. The number of rotatable bonds is 2. The Kier molecular flexibility index (Phi) is 4.24. The largest absolute Gasteiger partial charge is 0.508 e. The number of phenols is 2. The standard InChI is InChI=1S/C18H12N2O6/c21-13-5-1-11(2-6-13)16(24)19-10-9-15(23)20(18(19)26)17(25)12-3-7-14(22)8-4-12/h1-10,21-22H. The molecule has 2 N–H and O–H groups in total. The van der Waals surface area contributed by atoms with E-state index in [1.165, 1.54) is 48.5 Å². The van der Waals surface area contributed by atoms with Crippen LogP contribution in [0.4, 0.5) is 0 Å². The number of carbonyl (C=O) groups is 2. The SMILES string of the molecule is O=C(c1ccc(O)cc1)n1ccc(=O)n(C(=O)c2ccc(O)cc2)c1=O. The number of phenolic OH excluding ortho intramolecular Hbond substituents is 2. The first-order chi connectivity index (χ1) is 12.4. The third-order valence-corrected chi connectivity index (χ3v) is 3.63. The monoisotopic (exact) mass is 352 g/mol. The van der Waals surface area contributed by atoms with Crippen molar-refractivity contribution < 1.29 is 19.8 Å². The molecular formula is C18H12N2O6. The fourth-order valence-corrected chi connectivity index (χ4v) is 2.30. The number of aromatic nitrogens is 2. The Labute approximate surface area is 145 Å². The van der Waals surface area contributed by atoms with Crippen molar-refractivity contribution in [3.8, 4) is 11.5 Å². The van der Waals surface area contributed by atoms with E-state index < -0.39 is 23.1 Å². The topological polar surface area (TPSA) is 119 Å². The normalized spacial score (nSPS) is 10.5. The lowest BCUT2D eigenvalue weighted by atomic mass is 10.2. The number of hydrogen-bond donors (Lipinski definition) is 2. The molecule has 0 saturated carbocycles. The first-order valence-electron chi connectivity index (χ1n) is 7.40. The molecule has 0 aliphatic carbocycles. The van der Waals surface area contributed by atoms with Gasteiger partial charge in [-0.1, -0.05) is 0 Å². The van der Waals surface area contributed by atoms with Gasteiger partial charge in [0.25, 0.3) is 17.4 Å². The number of aromatic hydroxyl groups is 2.